The van der Waals surface area contributed by atoms with Crippen molar-refractivity contribution in [1.82, 2.24) is 9.97 Å². The molecule has 13 heavy (non-hydrogen) atoms. The van der Waals surface area contributed by atoms with Crippen LogP contribution in [0.4, 0.5) is 11.8 Å². The normalized spacial score (nSPS) is 11.6. The van der Waals surface area contributed by atoms with Gasteiger partial charge in [0.25, 0.3) is 5.95 Å². The van der Waals surface area contributed by atoms with Crippen molar-refractivity contribution in [2.24, 2.45) is 9.98 Å². The third-order valence-electron chi connectivity index (χ3n) is 1.18. The lowest BCUT2D eigenvalue weighted by Gasteiger charge is -1.95. The molecular formula is C8H9ClN4. The molecule has 0 aromatic carbocycles. The van der Waals surface area contributed by atoms with Gasteiger partial charge in [0.1, 0.15) is 5.15 Å². The zero-order valence-electron chi connectivity index (χ0n) is 7.40. The third kappa shape index (κ3) is 2.91. The van der Waals surface area contributed by atoms with E-state index in [9.17, 15) is 0 Å². The summed E-state index contributed by atoms with van der Waals surface area (Å²) >= 11 is 5.72. The summed E-state index contributed by atoms with van der Waals surface area (Å²) in [6.07, 6.45) is 3.24. The number of aromatic nitrogens is 2. The summed E-state index contributed by atoms with van der Waals surface area (Å²) in [5, 5.41) is 0.344. The molecule has 0 amide bonds. The second-order valence-corrected chi connectivity index (χ2v) is 2.51. The standard InChI is InChI=1S/C8H9ClN4/c1-3-10-7-5-6(9)12-8(13-7)11-4-2/h3-5H,1-2H3/b10-3-,11-4-. The van der Waals surface area contributed by atoms with Crippen molar-refractivity contribution in [2.45, 2.75) is 13.8 Å². The summed E-state index contributed by atoms with van der Waals surface area (Å²) in [7, 11) is 0. The van der Waals surface area contributed by atoms with Crippen molar-refractivity contribution in [3.8, 4) is 0 Å². The zero-order chi connectivity index (χ0) is 9.68. The number of rotatable bonds is 2. The Bertz CT molecular complexity index is 316. The van der Waals surface area contributed by atoms with Crippen LogP contribution in [0.3, 0.4) is 0 Å². The van der Waals surface area contributed by atoms with Crippen molar-refractivity contribution in [2.75, 3.05) is 0 Å². The van der Waals surface area contributed by atoms with Crippen LogP contribution in [0.5, 0.6) is 0 Å². The monoisotopic (exact) mass is 196 g/mol. The van der Waals surface area contributed by atoms with E-state index in [-0.39, 0.29) is 0 Å². The average Bonchev–Trinajstić information content (AvgIpc) is 2.04. The van der Waals surface area contributed by atoms with Gasteiger partial charge in [0.15, 0.2) is 5.82 Å². The lowest BCUT2D eigenvalue weighted by molar-refractivity contribution is 1.13. The van der Waals surface area contributed by atoms with Crippen LogP contribution >= 0.6 is 11.6 Å². The topological polar surface area (TPSA) is 50.5 Å². The first-order valence-corrected chi connectivity index (χ1v) is 4.16. The fourth-order valence-corrected chi connectivity index (χ4v) is 0.939. The quantitative estimate of drug-likeness (QED) is 0.539. The maximum atomic E-state index is 5.72. The molecule has 0 radical (unpaired) electrons. The first-order chi connectivity index (χ1) is 6.26. The van der Waals surface area contributed by atoms with E-state index in [1.807, 2.05) is 0 Å². The minimum atomic E-state index is 0.329. The SMILES string of the molecule is C/C=N\c1cc(Cl)nc(/N=C\C)n1. The van der Waals surface area contributed by atoms with Crippen molar-refractivity contribution in [1.29, 1.82) is 0 Å². The molecule has 0 bridgehead atoms. The van der Waals surface area contributed by atoms with Crippen LogP contribution < -0.4 is 0 Å². The molecule has 68 valence electrons. The van der Waals surface area contributed by atoms with Crippen LogP contribution in [0.1, 0.15) is 13.8 Å². The van der Waals surface area contributed by atoms with Crippen molar-refractivity contribution in [3.63, 3.8) is 0 Å². The summed E-state index contributed by atoms with van der Waals surface area (Å²) in [5.74, 6) is 0.846. The smallest absolute Gasteiger partial charge is 0.242 e. The Morgan fingerprint density at radius 2 is 1.92 bits per heavy atom. The highest BCUT2D eigenvalue weighted by Crippen LogP contribution is 2.17. The molecule has 5 heteroatoms. The summed E-state index contributed by atoms with van der Waals surface area (Å²) in [6, 6.07) is 1.58. The molecule has 0 aliphatic heterocycles. The van der Waals surface area contributed by atoms with E-state index in [0.717, 1.165) is 0 Å². The first kappa shape index (κ1) is 9.80. The number of hydrogen-bond acceptors (Lipinski definition) is 4. The van der Waals surface area contributed by atoms with Gasteiger partial charge in [-0.1, -0.05) is 11.6 Å². The van der Waals surface area contributed by atoms with Crippen molar-refractivity contribution >= 4 is 35.8 Å². The molecule has 0 fully saturated rings. The van der Waals surface area contributed by atoms with E-state index in [2.05, 4.69) is 20.0 Å². The second kappa shape index (κ2) is 4.67. The van der Waals surface area contributed by atoms with Gasteiger partial charge in [0, 0.05) is 18.5 Å². The van der Waals surface area contributed by atoms with Crippen LogP contribution in [-0.4, -0.2) is 22.4 Å². The zero-order valence-corrected chi connectivity index (χ0v) is 8.15. The number of hydrogen-bond donors (Lipinski definition) is 0. The average molecular weight is 197 g/mol. The van der Waals surface area contributed by atoms with Crippen LogP contribution in [-0.2, 0) is 0 Å². The van der Waals surface area contributed by atoms with Gasteiger partial charge < -0.3 is 0 Å². The predicted molar refractivity (Wildman–Crippen MR) is 54.7 cm³/mol. The summed E-state index contributed by atoms with van der Waals surface area (Å²) in [4.78, 5) is 15.8. The Kier molecular flexibility index (Phi) is 3.52. The maximum Gasteiger partial charge on any atom is 0.252 e. The fourth-order valence-electron chi connectivity index (χ4n) is 0.766. The van der Waals surface area contributed by atoms with Gasteiger partial charge in [0.2, 0.25) is 0 Å². The Hall–Kier alpha value is -1.29. The molecule has 0 spiro atoms. The van der Waals surface area contributed by atoms with Gasteiger partial charge in [-0.2, -0.15) is 9.97 Å². The van der Waals surface area contributed by atoms with Gasteiger partial charge in [-0.05, 0) is 13.8 Å². The van der Waals surface area contributed by atoms with E-state index >= 15 is 0 Å². The number of halogens is 1. The van der Waals surface area contributed by atoms with E-state index in [1.54, 1.807) is 32.3 Å². The van der Waals surface area contributed by atoms with Gasteiger partial charge in [-0.15, -0.1) is 0 Å². The summed E-state index contributed by atoms with van der Waals surface area (Å²) in [5.41, 5.74) is 0. The van der Waals surface area contributed by atoms with E-state index < -0.39 is 0 Å². The van der Waals surface area contributed by atoms with Crippen LogP contribution in [0, 0.1) is 0 Å². The minimum absolute atomic E-state index is 0.329. The lowest BCUT2D eigenvalue weighted by atomic mass is 10.6. The largest absolute Gasteiger partial charge is 0.252 e. The first-order valence-electron chi connectivity index (χ1n) is 3.78. The predicted octanol–water partition coefficient (Wildman–Crippen LogP) is 2.57. The highest BCUT2D eigenvalue weighted by molar-refractivity contribution is 6.29. The van der Waals surface area contributed by atoms with Crippen molar-refractivity contribution in [3.05, 3.63) is 11.2 Å². The van der Waals surface area contributed by atoms with E-state index in [0.29, 0.717) is 16.9 Å². The van der Waals surface area contributed by atoms with E-state index in [1.165, 1.54) is 0 Å². The van der Waals surface area contributed by atoms with Crippen molar-refractivity contribution < 1.29 is 0 Å². The summed E-state index contributed by atoms with van der Waals surface area (Å²) < 4.78 is 0. The molecule has 0 saturated carbocycles. The lowest BCUT2D eigenvalue weighted by Crippen LogP contribution is -1.82. The highest BCUT2D eigenvalue weighted by Gasteiger charge is 1.98. The molecule has 0 atom stereocenters. The molecule has 1 heterocycles. The Morgan fingerprint density at radius 3 is 2.54 bits per heavy atom. The molecule has 0 aliphatic rings. The molecule has 1 aromatic heterocycles. The molecular weight excluding hydrogens is 188 g/mol. The molecule has 0 unspecified atom stereocenters. The molecule has 1 aromatic rings. The van der Waals surface area contributed by atoms with E-state index in [4.69, 9.17) is 11.6 Å². The Morgan fingerprint density at radius 1 is 1.23 bits per heavy atom. The van der Waals surface area contributed by atoms with Crippen LogP contribution in [0.15, 0.2) is 16.1 Å². The molecule has 0 saturated heterocycles. The summed E-state index contributed by atoms with van der Waals surface area (Å²) in [6.45, 7) is 3.59. The van der Waals surface area contributed by atoms with Gasteiger partial charge in [-0.3, -0.25) is 0 Å². The molecule has 0 N–H and O–H groups in total. The third-order valence-corrected chi connectivity index (χ3v) is 1.37. The minimum Gasteiger partial charge on any atom is -0.242 e. The molecule has 1 rings (SSSR count). The van der Waals surface area contributed by atoms with Gasteiger partial charge in [0.05, 0.1) is 0 Å². The Labute approximate surface area is 81.4 Å². The van der Waals surface area contributed by atoms with Gasteiger partial charge in [-0.25, -0.2) is 9.98 Å². The molecule has 4 nitrogen and oxygen atoms in total. The fraction of sp³-hybridized carbons (Fsp3) is 0.250. The van der Waals surface area contributed by atoms with Crippen LogP contribution in [0.25, 0.3) is 0 Å². The van der Waals surface area contributed by atoms with Crippen LogP contribution in [0.2, 0.25) is 5.15 Å². The van der Waals surface area contributed by atoms with Gasteiger partial charge >= 0.3 is 0 Å². The Balaban J connectivity index is 3.10. The number of aliphatic imine (C=N–C) groups is 2. The maximum absolute atomic E-state index is 5.72. The highest BCUT2D eigenvalue weighted by atomic mass is 35.5. The number of nitrogens with zero attached hydrogens (tertiary/aromatic N) is 4. The second-order valence-electron chi connectivity index (χ2n) is 2.12. The molecule has 0 aliphatic carbocycles.